The number of ether oxygens (including phenoxy) is 1. The number of nitrogens with one attached hydrogen (secondary N) is 1. The van der Waals surface area contributed by atoms with Gasteiger partial charge in [-0.1, -0.05) is 12.1 Å². The molecule has 1 aromatic rings. The Labute approximate surface area is 136 Å². The summed E-state index contributed by atoms with van der Waals surface area (Å²) in [6, 6.07) is 7.39. The third kappa shape index (κ3) is 5.32. The maximum Gasteiger partial charge on any atom is 0.409 e. The topological polar surface area (TPSA) is 84.7 Å². The number of hydrogen-bond donors (Lipinski definition) is 2. The van der Waals surface area contributed by atoms with E-state index in [1.54, 1.807) is 30.0 Å². The molecule has 3 N–H and O–H groups in total. The van der Waals surface area contributed by atoms with E-state index in [0.29, 0.717) is 25.4 Å². The Morgan fingerprint density at radius 1 is 1.30 bits per heavy atom. The van der Waals surface area contributed by atoms with E-state index in [2.05, 4.69) is 5.32 Å². The minimum absolute atomic E-state index is 0.0873. The van der Waals surface area contributed by atoms with Crippen LogP contribution < -0.4 is 11.1 Å². The zero-order valence-electron chi connectivity index (χ0n) is 13.3. The van der Waals surface area contributed by atoms with Crippen molar-refractivity contribution in [3.05, 3.63) is 35.9 Å². The molecule has 1 saturated heterocycles. The van der Waals surface area contributed by atoms with Crippen LogP contribution in [-0.4, -0.2) is 42.6 Å². The first kappa shape index (κ1) is 16.9. The van der Waals surface area contributed by atoms with Crippen LogP contribution in [0, 0.1) is 0 Å². The van der Waals surface area contributed by atoms with Crippen LogP contribution in [0.15, 0.2) is 30.3 Å². The summed E-state index contributed by atoms with van der Waals surface area (Å²) < 4.78 is 4.97. The zero-order chi connectivity index (χ0) is 16.7. The standard InChI is InChI=1S/C17H23N3O3/c1-2-23-17(22)20-11-9-15(10-12-20)19-16(21)8-5-13-3-6-14(18)7-4-13/h3-8,15H,2,9-12,18H2,1H3,(H,19,21)/b8-5+. The lowest BCUT2D eigenvalue weighted by molar-refractivity contribution is -0.117. The van der Waals surface area contributed by atoms with Crippen molar-refractivity contribution in [2.45, 2.75) is 25.8 Å². The van der Waals surface area contributed by atoms with Crippen molar-refractivity contribution in [2.75, 3.05) is 25.4 Å². The Morgan fingerprint density at radius 2 is 1.96 bits per heavy atom. The smallest absolute Gasteiger partial charge is 0.409 e. The van der Waals surface area contributed by atoms with E-state index in [0.717, 1.165) is 18.4 Å². The highest BCUT2D eigenvalue weighted by atomic mass is 16.6. The Bertz CT molecular complexity index is 561. The fourth-order valence-electron chi connectivity index (χ4n) is 2.45. The van der Waals surface area contributed by atoms with Gasteiger partial charge < -0.3 is 20.7 Å². The van der Waals surface area contributed by atoms with Crippen LogP contribution in [0.1, 0.15) is 25.3 Å². The van der Waals surface area contributed by atoms with Crippen LogP contribution in [0.4, 0.5) is 10.5 Å². The molecule has 0 spiro atoms. The molecule has 0 radical (unpaired) electrons. The fourth-order valence-corrected chi connectivity index (χ4v) is 2.45. The number of nitrogens with two attached hydrogens (primary N) is 1. The van der Waals surface area contributed by atoms with Gasteiger partial charge in [-0.25, -0.2) is 4.79 Å². The van der Waals surface area contributed by atoms with Gasteiger partial charge in [-0.3, -0.25) is 4.79 Å². The fraction of sp³-hybridized carbons (Fsp3) is 0.412. The number of nitrogen functional groups attached to an aromatic ring is 1. The molecule has 1 aromatic carbocycles. The van der Waals surface area contributed by atoms with Crippen molar-refractivity contribution < 1.29 is 14.3 Å². The molecular weight excluding hydrogens is 294 g/mol. The minimum Gasteiger partial charge on any atom is -0.450 e. The number of likely N-dealkylation sites (tertiary alicyclic amines) is 1. The van der Waals surface area contributed by atoms with E-state index in [1.165, 1.54) is 6.08 Å². The van der Waals surface area contributed by atoms with E-state index < -0.39 is 0 Å². The van der Waals surface area contributed by atoms with Crippen molar-refractivity contribution in [2.24, 2.45) is 0 Å². The average Bonchev–Trinajstić information content (AvgIpc) is 2.55. The van der Waals surface area contributed by atoms with Gasteiger partial charge in [0.1, 0.15) is 0 Å². The quantitative estimate of drug-likeness (QED) is 0.657. The van der Waals surface area contributed by atoms with Crippen molar-refractivity contribution in [3.63, 3.8) is 0 Å². The van der Waals surface area contributed by atoms with E-state index in [9.17, 15) is 9.59 Å². The lowest BCUT2D eigenvalue weighted by Crippen LogP contribution is -2.46. The first-order valence-corrected chi connectivity index (χ1v) is 7.84. The second-order valence-electron chi connectivity index (χ2n) is 5.47. The zero-order valence-corrected chi connectivity index (χ0v) is 13.3. The highest BCUT2D eigenvalue weighted by Gasteiger charge is 2.23. The van der Waals surface area contributed by atoms with Gasteiger partial charge in [0.15, 0.2) is 0 Å². The largest absolute Gasteiger partial charge is 0.450 e. The van der Waals surface area contributed by atoms with Gasteiger partial charge >= 0.3 is 6.09 Å². The van der Waals surface area contributed by atoms with Crippen LogP contribution in [0.3, 0.4) is 0 Å². The number of anilines is 1. The average molecular weight is 317 g/mol. The second kappa shape index (κ2) is 8.22. The number of hydrogen-bond acceptors (Lipinski definition) is 4. The summed E-state index contributed by atoms with van der Waals surface area (Å²) in [7, 11) is 0. The molecule has 124 valence electrons. The SMILES string of the molecule is CCOC(=O)N1CCC(NC(=O)/C=C/c2ccc(N)cc2)CC1. The van der Waals surface area contributed by atoms with Crippen molar-refractivity contribution >= 4 is 23.8 Å². The van der Waals surface area contributed by atoms with Crippen LogP contribution in [-0.2, 0) is 9.53 Å². The summed E-state index contributed by atoms with van der Waals surface area (Å²) in [6.45, 7) is 3.38. The van der Waals surface area contributed by atoms with Crippen LogP contribution >= 0.6 is 0 Å². The summed E-state index contributed by atoms with van der Waals surface area (Å²) in [5.74, 6) is -0.128. The third-order valence-electron chi connectivity index (χ3n) is 3.73. The molecule has 6 nitrogen and oxygen atoms in total. The van der Waals surface area contributed by atoms with E-state index in [4.69, 9.17) is 10.5 Å². The summed E-state index contributed by atoms with van der Waals surface area (Å²) in [4.78, 5) is 25.2. The molecule has 2 rings (SSSR count). The number of nitrogens with zero attached hydrogens (tertiary/aromatic N) is 1. The molecule has 6 heteroatoms. The van der Waals surface area contributed by atoms with Crippen LogP contribution in [0.2, 0.25) is 0 Å². The highest BCUT2D eigenvalue weighted by molar-refractivity contribution is 5.91. The lowest BCUT2D eigenvalue weighted by Gasteiger charge is -2.31. The molecule has 0 unspecified atom stereocenters. The first-order chi connectivity index (χ1) is 11.1. The predicted molar refractivity (Wildman–Crippen MR) is 89.6 cm³/mol. The number of carbonyl (C=O) groups is 2. The molecule has 0 saturated carbocycles. The molecule has 1 fully saturated rings. The van der Waals surface area contributed by atoms with Gasteiger partial charge in [0.05, 0.1) is 6.61 Å². The van der Waals surface area contributed by atoms with E-state index >= 15 is 0 Å². The third-order valence-corrected chi connectivity index (χ3v) is 3.73. The Hall–Kier alpha value is -2.50. The summed E-state index contributed by atoms with van der Waals surface area (Å²) in [6.07, 6.45) is 4.47. The summed E-state index contributed by atoms with van der Waals surface area (Å²) in [5, 5.41) is 2.96. The maximum absolute atomic E-state index is 11.9. The van der Waals surface area contributed by atoms with Gasteiger partial charge in [-0.05, 0) is 43.5 Å². The first-order valence-electron chi connectivity index (χ1n) is 7.84. The van der Waals surface area contributed by atoms with Crippen molar-refractivity contribution in [1.29, 1.82) is 0 Å². The maximum atomic E-state index is 11.9. The monoisotopic (exact) mass is 317 g/mol. The number of amides is 2. The van der Waals surface area contributed by atoms with E-state index in [1.807, 2.05) is 12.1 Å². The number of benzene rings is 1. The molecule has 0 aliphatic carbocycles. The van der Waals surface area contributed by atoms with Crippen molar-refractivity contribution in [1.82, 2.24) is 10.2 Å². The van der Waals surface area contributed by atoms with E-state index in [-0.39, 0.29) is 18.0 Å². The predicted octanol–water partition coefficient (Wildman–Crippen LogP) is 2.02. The highest BCUT2D eigenvalue weighted by Crippen LogP contribution is 2.12. The van der Waals surface area contributed by atoms with Gasteiger partial charge in [0, 0.05) is 30.9 Å². The number of carbonyl (C=O) groups excluding carboxylic acids is 2. The molecule has 0 bridgehead atoms. The number of rotatable bonds is 4. The normalized spacial score (nSPS) is 15.6. The van der Waals surface area contributed by atoms with Gasteiger partial charge in [-0.15, -0.1) is 0 Å². The van der Waals surface area contributed by atoms with Crippen molar-refractivity contribution in [3.8, 4) is 0 Å². The molecular formula is C17H23N3O3. The van der Waals surface area contributed by atoms with Gasteiger partial charge in [0.25, 0.3) is 0 Å². The molecule has 1 aliphatic heterocycles. The molecule has 23 heavy (non-hydrogen) atoms. The molecule has 0 atom stereocenters. The summed E-state index contributed by atoms with van der Waals surface area (Å²) >= 11 is 0. The Balaban J connectivity index is 1.76. The molecule has 0 aromatic heterocycles. The lowest BCUT2D eigenvalue weighted by atomic mass is 10.1. The van der Waals surface area contributed by atoms with Gasteiger partial charge in [-0.2, -0.15) is 0 Å². The Morgan fingerprint density at radius 3 is 2.57 bits per heavy atom. The second-order valence-corrected chi connectivity index (χ2v) is 5.47. The minimum atomic E-state index is -0.277. The molecule has 1 heterocycles. The van der Waals surface area contributed by atoms with Crippen LogP contribution in [0.25, 0.3) is 6.08 Å². The van der Waals surface area contributed by atoms with Gasteiger partial charge in [0.2, 0.25) is 5.91 Å². The molecule has 1 aliphatic rings. The number of piperidine rings is 1. The van der Waals surface area contributed by atoms with Crippen LogP contribution in [0.5, 0.6) is 0 Å². The Kier molecular flexibility index (Phi) is 6.02. The summed E-state index contributed by atoms with van der Waals surface area (Å²) in [5.41, 5.74) is 7.23. The molecule has 2 amide bonds.